The number of fused-ring (bicyclic) bond motifs is 5. The first-order chi connectivity index (χ1) is 13.4. The minimum atomic E-state index is -0.114. The molecule has 0 aliphatic heterocycles. The SMILES string of the molecule is C[C@]12CCCCC1CCC1C2CC[C@]2(C)C(=O)/C(=C\c3cccc(Br)c3)CC12. The van der Waals surface area contributed by atoms with E-state index in [9.17, 15) is 4.79 Å². The number of carbonyl (C=O) groups is 1. The highest BCUT2D eigenvalue weighted by Gasteiger charge is 2.60. The van der Waals surface area contributed by atoms with Crippen molar-refractivity contribution in [3.8, 4) is 0 Å². The lowest BCUT2D eigenvalue weighted by atomic mass is 9.45. The zero-order chi connectivity index (χ0) is 19.5. The Morgan fingerprint density at radius 2 is 1.89 bits per heavy atom. The monoisotopic (exact) mass is 440 g/mol. The smallest absolute Gasteiger partial charge is 0.165 e. The summed E-state index contributed by atoms with van der Waals surface area (Å²) in [6, 6.07) is 8.35. The highest BCUT2D eigenvalue weighted by atomic mass is 79.9. The van der Waals surface area contributed by atoms with Gasteiger partial charge in [0.2, 0.25) is 0 Å². The maximum atomic E-state index is 13.5. The Labute approximate surface area is 178 Å². The molecule has 4 unspecified atom stereocenters. The molecule has 0 aromatic heterocycles. The van der Waals surface area contributed by atoms with Gasteiger partial charge < -0.3 is 0 Å². The molecule has 0 amide bonds. The molecule has 0 radical (unpaired) electrons. The summed E-state index contributed by atoms with van der Waals surface area (Å²) in [6.07, 6.45) is 14.1. The van der Waals surface area contributed by atoms with Crippen LogP contribution in [-0.2, 0) is 4.79 Å². The Morgan fingerprint density at radius 1 is 1.04 bits per heavy atom. The Morgan fingerprint density at radius 3 is 2.71 bits per heavy atom. The minimum Gasteiger partial charge on any atom is -0.294 e. The van der Waals surface area contributed by atoms with Crippen LogP contribution in [0, 0.1) is 34.5 Å². The predicted octanol–water partition coefficient (Wildman–Crippen LogP) is 7.44. The van der Waals surface area contributed by atoms with E-state index in [2.05, 4.69) is 54.1 Å². The standard InChI is InChI=1S/C26H33BrO/c1-25-12-4-3-7-19(25)9-10-21-22(25)11-13-26(2)23(21)16-18(24(26)28)14-17-6-5-8-20(27)15-17/h5-6,8,14-15,19,21-23H,3-4,7,9-13,16H2,1-2H3/b18-14-/t19?,21?,22?,23?,25-,26-/m0/s1. The average Bonchev–Trinajstić information content (AvgIpc) is 2.92. The number of Topliss-reactive ketones (excluding diaryl/α,β-unsaturated/α-hetero) is 1. The van der Waals surface area contributed by atoms with Gasteiger partial charge in [0.25, 0.3) is 0 Å². The topological polar surface area (TPSA) is 17.1 Å². The Bertz CT molecular complexity index is 825. The first-order valence-corrected chi connectivity index (χ1v) is 12.2. The molecule has 0 bridgehead atoms. The number of halogens is 1. The number of benzene rings is 1. The normalized spacial score (nSPS) is 44.1. The quantitative estimate of drug-likeness (QED) is 0.414. The molecule has 150 valence electrons. The van der Waals surface area contributed by atoms with E-state index in [1.807, 2.05) is 6.07 Å². The largest absolute Gasteiger partial charge is 0.294 e. The first kappa shape index (κ1) is 19.1. The number of rotatable bonds is 1. The second kappa shape index (κ2) is 6.83. The predicted molar refractivity (Wildman–Crippen MR) is 119 cm³/mol. The number of carbonyl (C=O) groups excluding carboxylic acids is 1. The zero-order valence-electron chi connectivity index (χ0n) is 17.3. The van der Waals surface area contributed by atoms with Gasteiger partial charge in [-0.1, -0.05) is 54.8 Å². The van der Waals surface area contributed by atoms with Crippen LogP contribution in [0.3, 0.4) is 0 Å². The van der Waals surface area contributed by atoms with Gasteiger partial charge in [0.05, 0.1) is 0 Å². The maximum Gasteiger partial charge on any atom is 0.165 e. The third kappa shape index (κ3) is 2.81. The lowest BCUT2D eigenvalue weighted by Gasteiger charge is -2.59. The molecule has 0 saturated heterocycles. The molecular weight excluding hydrogens is 408 g/mol. The van der Waals surface area contributed by atoms with Crippen LogP contribution in [0.2, 0.25) is 0 Å². The summed E-state index contributed by atoms with van der Waals surface area (Å²) in [5.41, 5.74) is 2.67. The van der Waals surface area contributed by atoms with E-state index in [4.69, 9.17) is 0 Å². The molecule has 4 aliphatic rings. The zero-order valence-corrected chi connectivity index (χ0v) is 18.9. The number of ketones is 1. The van der Waals surface area contributed by atoms with Crippen LogP contribution in [0.25, 0.3) is 6.08 Å². The van der Waals surface area contributed by atoms with Gasteiger partial charge in [-0.15, -0.1) is 0 Å². The molecule has 5 rings (SSSR count). The van der Waals surface area contributed by atoms with E-state index in [0.717, 1.165) is 46.2 Å². The van der Waals surface area contributed by atoms with E-state index in [1.54, 1.807) is 0 Å². The van der Waals surface area contributed by atoms with Crippen LogP contribution in [-0.4, -0.2) is 5.78 Å². The van der Waals surface area contributed by atoms with E-state index < -0.39 is 0 Å². The van der Waals surface area contributed by atoms with Crippen molar-refractivity contribution in [2.45, 2.75) is 71.6 Å². The van der Waals surface area contributed by atoms with Crippen LogP contribution in [0.1, 0.15) is 77.2 Å². The van der Waals surface area contributed by atoms with Crippen molar-refractivity contribution in [1.29, 1.82) is 0 Å². The second-order valence-electron chi connectivity index (χ2n) is 10.6. The third-order valence-corrected chi connectivity index (χ3v) is 9.91. The molecule has 28 heavy (non-hydrogen) atoms. The molecule has 4 fully saturated rings. The van der Waals surface area contributed by atoms with Crippen molar-refractivity contribution in [2.24, 2.45) is 34.5 Å². The van der Waals surface area contributed by atoms with Crippen LogP contribution in [0.15, 0.2) is 34.3 Å². The first-order valence-electron chi connectivity index (χ1n) is 11.4. The van der Waals surface area contributed by atoms with Crippen molar-refractivity contribution in [2.75, 3.05) is 0 Å². The molecule has 0 heterocycles. The molecule has 6 atom stereocenters. The van der Waals surface area contributed by atoms with Gasteiger partial charge >= 0.3 is 0 Å². The van der Waals surface area contributed by atoms with Crippen molar-refractivity contribution in [1.82, 2.24) is 0 Å². The fourth-order valence-electron chi connectivity index (χ4n) is 7.89. The summed E-state index contributed by atoms with van der Waals surface area (Å²) in [7, 11) is 0. The van der Waals surface area contributed by atoms with E-state index in [1.165, 1.54) is 44.9 Å². The average molecular weight is 441 g/mol. The fraction of sp³-hybridized carbons (Fsp3) is 0.654. The summed E-state index contributed by atoms with van der Waals surface area (Å²) >= 11 is 3.57. The van der Waals surface area contributed by atoms with Crippen LogP contribution in [0.5, 0.6) is 0 Å². The highest BCUT2D eigenvalue weighted by molar-refractivity contribution is 9.10. The highest BCUT2D eigenvalue weighted by Crippen LogP contribution is 2.66. The maximum absolute atomic E-state index is 13.5. The van der Waals surface area contributed by atoms with Gasteiger partial charge in [0.15, 0.2) is 5.78 Å². The Hall–Kier alpha value is -0.890. The van der Waals surface area contributed by atoms with E-state index in [0.29, 0.717) is 17.1 Å². The fourth-order valence-corrected chi connectivity index (χ4v) is 8.31. The van der Waals surface area contributed by atoms with Crippen molar-refractivity contribution in [3.63, 3.8) is 0 Å². The minimum absolute atomic E-state index is 0.114. The van der Waals surface area contributed by atoms with Crippen LogP contribution in [0.4, 0.5) is 0 Å². The molecule has 1 nitrogen and oxygen atoms in total. The summed E-state index contributed by atoms with van der Waals surface area (Å²) < 4.78 is 1.08. The summed E-state index contributed by atoms with van der Waals surface area (Å²) in [5.74, 6) is 3.57. The molecule has 2 heteroatoms. The summed E-state index contributed by atoms with van der Waals surface area (Å²) in [6.45, 7) is 4.92. The molecular formula is C26H33BrO. The molecule has 0 spiro atoms. The van der Waals surface area contributed by atoms with Crippen molar-refractivity contribution < 1.29 is 4.79 Å². The second-order valence-corrected chi connectivity index (χ2v) is 11.5. The van der Waals surface area contributed by atoms with Gasteiger partial charge in [-0.2, -0.15) is 0 Å². The van der Waals surface area contributed by atoms with Crippen LogP contribution >= 0.6 is 15.9 Å². The number of allylic oxidation sites excluding steroid dienone is 1. The van der Waals surface area contributed by atoms with Crippen molar-refractivity contribution >= 4 is 27.8 Å². The number of hydrogen-bond donors (Lipinski definition) is 0. The Kier molecular flexibility index (Phi) is 4.66. The van der Waals surface area contributed by atoms with Gasteiger partial charge in [-0.25, -0.2) is 0 Å². The third-order valence-electron chi connectivity index (χ3n) is 9.41. The van der Waals surface area contributed by atoms with Crippen molar-refractivity contribution in [3.05, 3.63) is 39.9 Å². The molecule has 0 N–H and O–H groups in total. The molecule has 4 saturated carbocycles. The Balaban J connectivity index is 1.46. The van der Waals surface area contributed by atoms with Crippen LogP contribution < -0.4 is 0 Å². The molecule has 4 aliphatic carbocycles. The van der Waals surface area contributed by atoms with E-state index >= 15 is 0 Å². The lowest BCUT2D eigenvalue weighted by molar-refractivity contribution is -0.137. The van der Waals surface area contributed by atoms with Gasteiger partial charge in [0.1, 0.15) is 0 Å². The van der Waals surface area contributed by atoms with E-state index in [-0.39, 0.29) is 5.41 Å². The summed E-state index contributed by atoms with van der Waals surface area (Å²) in [5, 5.41) is 0. The molecule has 1 aromatic carbocycles. The summed E-state index contributed by atoms with van der Waals surface area (Å²) in [4.78, 5) is 13.5. The number of hydrogen-bond acceptors (Lipinski definition) is 1. The van der Waals surface area contributed by atoms with Gasteiger partial charge in [-0.3, -0.25) is 4.79 Å². The molecule has 1 aromatic rings. The van der Waals surface area contributed by atoms with Gasteiger partial charge in [0, 0.05) is 9.89 Å². The lowest BCUT2D eigenvalue weighted by Crippen LogP contribution is -2.52. The van der Waals surface area contributed by atoms with Gasteiger partial charge in [-0.05, 0) is 103 Å².